The third-order valence-corrected chi connectivity index (χ3v) is 5.03. The van der Waals surface area contributed by atoms with Crippen molar-refractivity contribution in [2.45, 2.75) is 26.4 Å². The molecule has 176 valence electrons. The lowest BCUT2D eigenvalue weighted by atomic mass is 9.86. The number of rotatable bonds is 4. The van der Waals surface area contributed by atoms with E-state index in [1.165, 1.54) is 0 Å². The third-order valence-electron chi connectivity index (χ3n) is 4.19. The van der Waals surface area contributed by atoms with Crippen LogP contribution in [-0.2, 0) is 33.4 Å². The first kappa shape index (κ1) is 26.7. The monoisotopic (exact) mass is 462 g/mol. The molecule has 2 N–H and O–H groups in total. The molecule has 31 heavy (non-hydrogen) atoms. The molecule has 2 amide bonds. The van der Waals surface area contributed by atoms with E-state index in [2.05, 4.69) is 10.6 Å². The molecule has 1 atom stereocenters. The molecule has 1 fully saturated rings. The van der Waals surface area contributed by atoms with Crippen molar-refractivity contribution in [3.05, 3.63) is 0 Å². The van der Waals surface area contributed by atoms with Gasteiger partial charge in [-0.1, -0.05) is 25.6 Å². The largest absolute Gasteiger partial charge is 0.509 e. The fourth-order valence-corrected chi connectivity index (χ4v) is 2.93. The van der Waals surface area contributed by atoms with Gasteiger partial charge in [0.2, 0.25) is 5.91 Å². The molecular formula is C19H32N3O8S+. The van der Waals surface area contributed by atoms with Crippen molar-refractivity contribution < 1.29 is 42.7 Å². The van der Waals surface area contributed by atoms with Gasteiger partial charge in [-0.05, 0) is 0 Å². The normalized spacial score (nSPS) is 21.6. The van der Waals surface area contributed by atoms with Gasteiger partial charge in [0, 0.05) is 30.7 Å². The Morgan fingerprint density at radius 1 is 1.16 bits per heavy atom. The lowest BCUT2D eigenvalue weighted by Crippen LogP contribution is -2.49. The zero-order valence-electron chi connectivity index (χ0n) is 18.6. The van der Waals surface area contributed by atoms with Crippen LogP contribution in [0.25, 0.3) is 0 Å². The Labute approximate surface area is 186 Å². The van der Waals surface area contributed by atoms with Crippen LogP contribution >= 0.6 is 11.8 Å². The summed E-state index contributed by atoms with van der Waals surface area (Å²) in [4.78, 5) is 60.5. The van der Waals surface area contributed by atoms with Crippen molar-refractivity contribution in [3.63, 3.8) is 0 Å². The zero-order valence-corrected chi connectivity index (χ0v) is 19.5. The summed E-state index contributed by atoms with van der Waals surface area (Å²) in [6.07, 6.45) is -2.43. The molecule has 1 aliphatic heterocycles. The second-order valence-corrected chi connectivity index (χ2v) is 9.77. The summed E-state index contributed by atoms with van der Waals surface area (Å²) in [7, 11) is 5.78. The lowest BCUT2D eigenvalue weighted by Gasteiger charge is -2.31. The average molecular weight is 463 g/mol. The summed E-state index contributed by atoms with van der Waals surface area (Å²) in [5.74, 6) is -1.88. The minimum absolute atomic E-state index is 0.000872. The fourth-order valence-electron chi connectivity index (χ4n) is 2.36. The van der Waals surface area contributed by atoms with Gasteiger partial charge in [0.15, 0.2) is 6.10 Å². The van der Waals surface area contributed by atoms with Gasteiger partial charge in [-0.3, -0.25) is 14.4 Å². The minimum atomic E-state index is -1.38. The predicted octanol–water partition coefficient (Wildman–Crippen LogP) is -0.320. The van der Waals surface area contributed by atoms with E-state index in [-0.39, 0.29) is 44.4 Å². The summed E-state index contributed by atoms with van der Waals surface area (Å²) in [5, 5.41) is 4.30. The topological polar surface area (TPSA) is 137 Å². The number of amides is 2. The number of quaternary nitrogens is 1. The second kappa shape index (κ2) is 11.9. The van der Waals surface area contributed by atoms with Crippen LogP contribution in [0.3, 0.4) is 0 Å². The van der Waals surface area contributed by atoms with E-state index in [4.69, 9.17) is 14.2 Å². The van der Waals surface area contributed by atoms with Crippen LogP contribution in [0.2, 0.25) is 0 Å². The first-order chi connectivity index (χ1) is 14.3. The zero-order chi connectivity index (χ0) is 23.7. The number of esters is 1. The maximum atomic E-state index is 12.7. The standard InChI is InChI=1S/C19H31N3O8S/c1-19(2)12-29-16(25)17(26)31-11-8-20-13(23)6-7-21-15(24)14(19)30-18(27)28-10-9-22(3,4)5/h14H,6-12H2,1-5H3,(H-,20,21,23,24)/p+1/t14-/m0/s1. The highest BCUT2D eigenvalue weighted by Gasteiger charge is 2.41. The van der Waals surface area contributed by atoms with Gasteiger partial charge >= 0.3 is 12.1 Å². The molecule has 0 aromatic rings. The van der Waals surface area contributed by atoms with Crippen LogP contribution in [0.5, 0.6) is 0 Å². The summed E-state index contributed by atoms with van der Waals surface area (Å²) >= 11 is 0.724. The number of hydrogen-bond acceptors (Lipinski definition) is 9. The summed E-state index contributed by atoms with van der Waals surface area (Å²) in [6.45, 7) is 3.56. The highest BCUT2D eigenvalue weighted by Crippen LogP contribution is 2.25. The van der Waals surface area contributed by atoms with Crippen molar-refractivity contribution in [2.75, 3.05) is 59.7 Å². The number of nitrogens with one attached hydrogen (secondary N) is 2. The molecule has 0 aromatic heterocycles. The van der Waals surface area contributed by atoms with Crippen LogP contribution in [0.1, 0.15) is 20.3 Å². The number of thioether (sulfide) groups is 1. The van der Waals surface area contributed by atoms with E-state index in [0.29, 0.717) is 11.0 Å². The first-order valence-electron chi connectivity index (χ1n) is 9.84. The molecule has 0 radical (unpaired) electrons. The van der Waals surface area contributed by atoms with E-state index in [0.717, 1.165) is 11.8 Å². The number of carbonyl (C=O) groups excluding carboxylic acids is 5. The van der Waals surface area contributed by atoms with Crippen LogP contribution in [0.4, 0.5) is 4.79 Å². The second-order valence-electron chi connectivity index (χ2n) is 8.70. The van der Waals surface area contributed by atoms with Gasteiger partial charge in [0.1, 0.15) is 19.8 Å². The molecule has 0 aromatic carbocycles. The van der Waals surface area contributed by atoms with Crippen LogP contribution in [0.15, 0.2) is 0 Å². The van der Waals surface area contributed by atoms with Gasteiger partial charge < -0.3 is 29.3 Å². The smallest absolute Gasteiger partial charge is 0.459 e. The van der Waals surface area contributed by atoms with Crippen molar-refractivity contribution in [1.82, 2.24) is 10.6 Å². The molecule has 0 bridgehead atoms. The quantitative estimate of drug-likeness (QED) is 0.327. The predicted molar refractivity (Wildman–Crippen MR) is 112 cm³/mol. The van der Waals surface area contributed by atoms with Crippen LogP contribution in [0, 0.1) is 5.41 Å². The van der Waals surface area contributed by atoms with E-state index in [1.807, 2.05) is 21.1 Å². The Balaban J connectivity index is 2.91. The lowest BCUT2D eigenvalue weighted by molar-refractivity contribution is -0.870. The molecule has 1 heterocycles. The first-order valence-corrected chi connectivity index (χ1v) is 10.8. The van der Waals surface area contributed by atoms with Crippen molar-refractivity contribution >= 4 is 40.8 Å². The molecule has 0 aliphatic carbocycles. The Hall–Kier alpha value is -2.34. The Bertz CT molecular complexity index is 690. The summed E-state index contributed by atoms with van der Waals surface area (Å²) in [5.41, 5.74) is -1.17. The average Bonchev–Trinajstić information content (AvgIpc) is 2.65. The highest BCUT2D eigenvalue weighted by atomic mass is 32.2. The maximum absolute atomic E-state index is 12.7. The van der Waals surface area contributed by atoms with Crippen LogP contribution in [-0.4, -0.2) is 99.4 Å². The van der Waals surface area contributed by atoms with Crippen molar-refractivity contribution in [3.8, 4) is 0 Å². The molecule has 0 saturated carbocycles. The number of ether oxygens (including phenoxy) is 3. The third kappa shape index (κ3) is 10.5. The Morgan fingerprint density at radius 2 is 1.84 bits per heavy atom. The SMILES string of the molecule is CC1(C)COC(=O)C(=O)SCCNC(=O)CCNC(=O)[C@@H]1OC(=O)OCC[N+](C)(C)C. The van der Waals surface area contributed by atoms with Crippen molar-refractivity contribution in [1.29, 1.82) is 0 Å². The Kier molecular flexibility index (Phi) is 10.2. The molecular weight excluding hydrogens is 430 g/mol. The van der Waals surface area contributed by atoms with E-state index in [1.54, 1.807) is 13.8 Å². The molecule has 11 nitrogen and oxygen atoms in total. The molecule has 1 saturated heterocycles. The molecule has 1 rings (SSSR count). The van der Waals surface area contributed by atoms with Crippen LogP contribution < -0.4 is 10.6 Å². The number of likely N-dealkylation sites (N-methyl/N-ethyl adjacent to an activating group) is 1. The van der Waals surface area contributed by atoms with Gasteiger partial charge in [0.05, 0.1) is 21.1 Å². The van der Waals surface area contributed by atoms with E-state index >= 15 is 0 Å². The molecule has 12 heteroatoms. The van der Waals surface area contributed by atoms with E-state index in [9.17, 15) is 24.0 Å². The van der Waals surface area contributed by atoms with Gasteiger partial charge in [-0.2, -0.15) is 0 Å². The van der Waals surface area contributed by atoms with E-state index < -0.39 is 34.7 Å². The summed E-state index contributed by atoms with van der Waals surface area (Å²) in [6, 6.07) is 0. The van der Waals surface area contributed by atoms with Gasteiger partial charge in [-0.25, -0.2) is 9.59 Å². The molecule has 0 unspecified atom stereocenters. The maximum Gasteiger partial charge on any atom is 0.509 e. The number of nitrogens with zero attached hydrogens (tertiary/aromatic N) is 1. The summed E-state index contributed by atoms with van der Waals surface area (Å²) < 4.78 is 15.9. The molecule has 1 aliphatic rings. The van der Waals surface area contributed by atoms with Gasteiger partial charge in [-0.15, -0.1) is 0 Å². The minimum Gasteiger partial charge on any atom is -0.459 e. The Morgan fingerprint density at radius 3 is 2.48 bits per heavy atom. The number of carbonyl (C=O) groups is 5. The highest BCUT2D eigenvalue weighted by molar-refractivity contribution is 8.15. The van der Waals surface area contributed by atoms with Crippen molar-refractivity contribution in [2.24, 2.45) is 5.41 Å². The number of cyclic esters (lactones) is 1. The fraction of sp³-hybridized carbons (Fsp3) is 0.737. The van der Waals surface area contributed by atoms with Gasteiger partial charge in [0.25, 0.3) is 11.0 Å². The number of hydrogen-bond donors (Lipinski definition) is 2. The molecule has 0 spiro atoms.